The van der Waals surface area contributed by atoms with Gasteiger partial charge in [-0.25, -0.2) is 4.98 Å². The Labute approximate surface area is 155 Å². The Bertz CT molecular complexity index is 780. The normalized spacial score (nSPS) is 16.2. The van der Waals surface area contributed by atoms with Gasteiger partial charge in [-0.3, -0.25) is 14.1 Å². The number of ether oxygens (including phenoxy) is 1. The van der Waals surface area contributed by atoms with Gasteiger partial charge in [-0.15, -0.1) is 0 Å². The first kappa shape index (κ1) is 18.6. The number of H-pyrrole nitrogens is 1. The van der Waals surface area contributed by atoms with Gasteiger partial charge in [0, 0.05) is 19.0 Å². The van der Waals surface area contributed by atoms with E-state index in [-0.39, 0.29) is 22.2 Å². The zero-order chi connectivity index (χ0) is 18.7. The van der Waals surface area contributed by atoms with E-state index in [2.05, 4.69) is 42.0 Å². The number of likely N-dealkylation sites (tertiary alicyclic amines) is 1. The molecular formula is C18H24N4O3S. The third-order valence-corrected chi connectivity index (χ3v) is 5.48. The molecule has 1 amide bonds. The molecule has 0 aliphatic carbocycles. The number of para-hydroxylation sites is 1. The van der Waals surface area contributed by atoms with Crippen molar-refractivity contribution in [1.82, 2.24) is 20.1 Å². The molecule has 7 nitrogen and oxygen atoms in total. The first-order valence-corrected chi connectivity index (χ1v) is 9.90. The molecule has 0 radical (unpaired) electrons. The first-order valence-electron chi connectivity index (χ1n) is 8.58. The first-order chi connectivity index (χ1) is 12.3. The maximum Gasteiger partial charge on any atom is 0.235 e. The second-order valence-corrected chi connectivity index (χ2v) is 8.87. The van der Waals surface area contributed by atoms with Crippen LogP contribution in [0, 0.1) is 5.92 Å². The smallest absolute Gasteiger partial charge is 0.235 e. The van der Waals surface area contributed by atoms with Gasteiger partial charge in [-0.2, -0.15) is 5.10 Å². The number of carbonyl (C=O) groups excluding carboxylic acids is 1. The van der Waals surface area contributed by atoms with E-state index in [1.54, 1.807) is 4.90 Å². The average Bonchev–Trinajstić information content (AvgIpc) is 3.07. The van der Waals surface area contributed by atoms with Crippen molar-refractivity contribution in [2.75, 3.05) is 25.4 Å². The van der Waals surface area contributed by atoms with E-state index in [1.165, 1.54) is 11.9 Å². The lowest BCUT2D eigenvalue weighted by molar-refractivity contribution is -0.135. The van der Waals surface area contributed by atoms with Crippen molar-refractivity contribution in [1.29, 1.82) is 0 Å². The number of amides is 1. The summed E-state index contributed by atoms with van der Waals surface area (Å²) in [6, 6.07) is 8.07. The average molecular weight is 376 g/mol. The van der Waals surface area contributed by atoms with Crippen LogP contribution in [0.1, 0.15) is 26.3 Å². The Hall–Kier alpha value is -2.22. The van der Waals surface area contributed by atoms with Gasteiger partial charge in [0.1, 0.15) is 28.6 Å². The van der Waals surface area contributed by atoms with E-state index in [0.29, 0.717) is 25.6 Å². The van der Waals surface area contributed by atoms with Crippen LogP contribution in [0.2, 0.25) is 0 Å². The van der Waals surface area contributed by atoms with Crippen LogP contribution in [0.5, 0.6) is 5.75 Å². The molecule has 1 unspecified atom stereocenters. The highest BCUT2D eigenvalue weighted by atomic mass is 32.2. The molecule has 3 rings (SSSR count). The highest BCUT2D eigenvalue weighted by molar-refractivity contribution is 7.85. The fourth-order valence-corrected chi connectivity index (χ4v) is 3.74. The Morgan fingerprint density at radius 2 is 2.08 bits per heavy atom. The summed E-state index contributed by atoms with van der Waals surface area (Å²) < 4.78 is 18.0. The molecule has 1 fully saturated rings. The second-order valence-electron chi connectivity index (χ2n) is 7.50. The van der Waals surface area contributed by atoms with E-state index in [0.717, 1.165) is 5.75 Å². The van der Waals surface area contributed by atoms with Gasteiger partial charge in [0.25, 0.3) is 0 Å². The lowest BCUT2D eigenvalue weighted by atomic mass is 9.86. The zero-order valence-electron chi connectivity index (χ0n) is 15.3. The fraction of sp³-hybridized carbons (Fsp3) is 0.500. The summed E-state index contributed by atoms with van der Waals surface area (Å²) in [6.07, 6.45) is 1.28. The maximum atomic E-state index is 12.2. The van der Waals surface area contributed by atoms with Crippen LogP contribution in [0.3, 0.4) is 0 Å². The van der Waals surface area contributed by atoms with Crippen LogP contribution in [-0.4, -0.2) is 55.6 Å². The van der Waals surface area contributed by atoms with E-state index in [4.69, 9.17) is 4.74 Å². The van der Waals surface area contributed by atoms with Gasteiger partial charge >= 0.3 is 0 Å². The largest absolute Gasteiger partial charge is 0.493 e. The van der Waals surface area contributed by atoms with Crippen molar-refractivity contribution in [3.63, 3.8) is 0 Å². The molecule has 1 aromatic carbocycles. The van der Waals surface area contributed by atoms with Gasteiger partial charge in [-0.05, 0) is 17.0 Å². The lowest BCUT2D eigenvalue weighted by Gasteiger charge is -2.39. The number of hydrogen-bond acceptors (Lipinski definition) is 5. The molecule has 1 aliphatic heterocycles. The molecular weight excluding hydrogens is 352 g/mol. The number of carbonyl (C=O) groups is 1. The molecule has 1 N–H and O–H groups in total. The van der Waals surface area contributed by atoms with Crippen molar-refractivity contribution in [2.45, 2.75) is 31.3 Å². The molecule has 1 aromatic heterocycles. The van der Waals surface area contributed by atoms with Crippen LogP contribution in [-0.2, 0) is 21.0 Å². The predicted octanol–water partition coefficient (Wildman–Crippen LogP) is 1.75. The monoisotopic (exact) mass is 376 g/mol. The molecule has 1 aliphatic rings. The van der Waals surface area contributed by atoms with Gasteiger partial charge in [-0.1, -0.05) is 39.0 Å². The van der Waals surface area contributed by atoms with Crippen molar-refractivity contribution in [3.05, 3.63) is 36.2 Å². The van der Waals surface area contributed by atoms with E-state index in [1.807, 2.05) is 18.2 Å². The van der Waals surface area contributed by atoms with Gasteiger partial charge in [0.2, 0.25) is 11.1 Å². The summed E-state index contributed by atoms with van der Waals surface area (Å²) in [5.74, 6) is 0.989. The number of hydrogen-bond donors (Lipinski definition) is 1. The topological polar surface area (TPSA) is 88.2 Å². The Balaban J connectivity index is 1.46. The van der Waals surface area contributed by atoms with Crippen molar-refractivity contribution >= 4 is 16.7 Å². The number of nitrogens with one attached hydrogen (secondary N) is 1. The number of aromatic nitrogens is 3. The van der Waals surface area contributed by atoms with Crippen LogP contribution >= 0.6 is 0 Å². The molecule has 140 valence electrons. The minimum atomic E-state index is -1.48. The Morgan fingerprint density at radius 3 is 2.73 bits per heavy atom. The predicted molar refractivity (Wildman–Crippen MR) is 98.4 cm³/mol. The molecule has 0 bridgehead atoms. The third-order valence-electron chi connectivity index (χ3n) is 4.34. The summed E-state index contributed by atoms with van der Waals surface area (Å²) in [4.78, 5) is 17.7. The van der Waals surface area contributed by atoms with Crippen LogP contribution in [0.4, 0.5) is 0 Å². The molecule has 26 heavy (non-hydrogen) atoms. The number of nitrogens with zero attached hydrogens (tertiary/aromatic N) is 3. The highest BCUT2D eigenvalue weighted by Gasteiger charge is 2.32. The zero-order valence-corrected chi connectivity index (χ0v) is 16.1. The SMILES string of the molecule is CC(C)(C)c1ccccc1OCC1CN(C(=O)CS(=O)c2ncn[nH]2)C1. The molecule has 2 aromatic rings. The molecule has 1 saturated heterocycles. The minimum Gasteiger partial charge on any atom is -0.493 e. The van der Waals surface area contributed by atoms with Crippen molar-refractivity contribution in [2.24, 2.45) is 5.92 Å². The molecule has 0 spiro atoms. The number of rotatable bonds is 6. The minimum absolute atomic E-state index is 0.0168. The summed E-state index contributed by atoms with van der Waals surface area (Å²) in [5, 5.41) is 6.41. The van der Waals surface area contributed by atoms with Crippen molar-refractivity contribution in [3.8, 4) is 5.75 Å². The Kier molecular flexibility index (Phi) is 5.41. The van der Waals surface area contributed by atoms with E-state index < -0.39 is 10.8 Å². The molecule has 0 saturated carbocycles. The number of aromatic amines is 1. The van der Waals surface area contributed by atoms with E-state index in [9.17, 15) is 9.00 Å². The lowest BCUT2D eigenvalue weighted by Crippen LogP contribution is -2.53. The summed E-state index contributed by atoms with van der Waals surface area (Å²) >= 11 is 0. The highest BCUT2D eigenvalue weighted by Crippen LogP contribution is 2.31. The quantitative estimate of drug-likeness (QED) is 0.830. The summed E-state index contributed by atoms with van der Waals surface area (Å²) in [5.41, 5.74) is 1.19. The number of benzene rings is 1. The molecule has 1 atom stereocenters. The summed E-state index contributed by atoms with van der Waals surface area (Å²) in [7, 11) is -1.48. The van der Waals surface area contributed by atoms with Gasteiger partial charge in [0.15, 0.2) is 0 Å². The molecule has 2 heterocycles. The summed E-state index contributed by atoms with van der Waals surface area (Å²) in [6.45, 7) is 8.31. The van der Waals surface area contributed by atoms with Crippen molar-refractivity contribution < 1.29 is 13.7 Å². The fourth-order valence-electron chi connectivity index (χ4n) is 2.87. The van der Waals surface area contributed by atoms with Crippen LogP contribution < -0.4 is 4.74 Å². The van der Waals surface area contributed by atoms with Gasteiger partial charge < -0.3 is 9.64 Å². The third kappa shape index (κ3) is 4.30. The Morgan fingerprint density at radius 1 is 1.35 bits per heavy atom. The van der Waals surface area contributed by atoms with Crippen LogP contribution in [0.25, 0.3) is 0 Å². The van der Waals surface area contributed by atoms with Crippen LogP contribution in [0.15, 0.2) is 35.7 Å². The molecule has 8 heteroatoms. The van der Waals surface area contributed by atoms with E-state index >= 15 is 0 Å². The van der Waals surface area contributed by atoms with Gasteiger partial charge in [0.05, 0.1) is 6.61 Å². The second kappa shape index (κ2) is 7.57. The maximum absolute atomic E-state index is 12.2. The standard InChI is InChI=1S/C18H24N4O3S/c1-18(2,3)14-6-4-5-7-15(14)25-10-13-8-22(9-13)16(23)11-26(24)17-19-12-20-21-17/h4-7,12-13H,8-11H2,1-3H3,(H,19,20,21).